The molecule has 7 nitrogen and oxygen atoms in total. The summed E-state index contributed by atoms with van der Waals surface area (Å²) in [6.45, 7) is 1.000. The lowest BCUT2D eigenvalue weighted by molar-refractivity contribution is -0.147. The van der Waals surface area contributed by atoms with E-state index >= 15 is 0 Å². The van der Waals surface area contributed by atoms with E-state index in [1.165, 1.54) is 0 Å². The van der Waals surface area contributed by atoms with E-state index in [2.05, 4.69) is 0 Å². The quantitative estimate of drug-likeness (QED) is 0.830. The van der Waals surface area contributed by atoms with Crippen molar-refractivity contribution in [2.45, 2.75) is 37.6 Å². The molecule has 0 bridgehead atoms. The summed E-state index contributed by atoms with van der Waals surface area (Å²) in [5, 5.41) is 9.54. The molecule has 0 saturated carbocycles. The lowest BCUT2D eigenvalue weighted by atomic mass is 9.77. The Kier molecular flexibility index (Phi) is 5.63. The second-order valence-electron chi connectivity index (χ2n) is 8.09. The summed E-state index contributed by atoms with van der Waals surface area (Å²) in [5.41, 5.74) is 1.60. The van der Waals surface area contributed by atoms with Crippen LogP contribution in [0.2, 0.25) is 0 Å². The van der Waals surface area contributed by atoms with Crippen molar-refractivity contribution >= 4 is 23.5 Å². The normalized spacial score (nSPS) is 21.2. The van der Waals surface area contributed by atoms with Crippen LogP contribution in [0.1, 0.15) is 31.2 Å². The fourth-order valence-corrected chi connectivity index (χ4v) is 4.50. The van der Waals surface area contributed by atoms with E-state index in [1.807, 2.05) is 48.2 Å². The largest absolute Gasteiger partial charge is 0.481 e. The molecule has 0 unspecified atom stereocenters. The van der Waals surface area contributed by atoms with Crippen LogP contribution in [-0.2, 0) is 20.8 Å². The van der Waals surface area contributed by atoms with Gasteiger partial charge in [-0.15, -0.1) is 0 Å². The van der Waals surface area contributed by atoms with Crippen molar-refractivity contribution in [3.63, 3.8) is 0 Å². The molecule has 2 saturated heterocycles. The number of aryl methyl sites for hydroxylation is 1. The molecule has 152 valence electrons. The van der Waals surface area contributed by atoms with Crippen molar-refractivity contribution in [1.29, 1.82) is 0 Å². The van der Waals surface area contributed by atoms with Gasteiger partial charge in [0, 0.05) is 52.8 Å². The molecule has 0 aliphatic carbocycles. The zero-order chi connectivity index (χ0) is 20.5. The number of rotatable bonds is 5. The van der Waals surface area contributed by atoms with Crippen LogP contribution in [0.5, 0.6) is 0 Å². The number of piperidine rings is 1. The van der Waals surface area contributed by atoms with Crippen LogP contribution >= 0.6 is 0 Å². The average molecular weight is 387 g/mol. The lowest BCUT2D eigenvalue weighted by Gasteiger charge is -2.45. The number of nitrogens with zero attached hydrogens (tertiary/aromatic N) is 3. The number of carbonyl (C=O) groups is 3. The SMILES string of the molecule is CN(C)c1ccc(CCC(=O)N2CCC3(CC2)[C@@H](C(=O)O)CC(=O)N3C)cc1. The highest BCUT2D eigenvalue weighted by atomic mass is 16.4. The number of carboxylic acid groups (broad SMARTS) is 1. The Balaban J connectivity index is 1.56. The van der Waals surface area contributed by atoms with Crippen molar-refractivity contribution < 1.29 is 19.5 Å². The predicted molar refractivity (Wildman–Crippen MR) is 106 cm³/mol. The van der Waals surface area contributed by atoms with Gasteiger partial charge in [-0.3, -0.25) is 14.4 Å². The summed E-state index contributed by atoms with van der Waals surface area (Å²) in [7, 11) is 5.68. The molecular weight excluding hydrogens is 358 g/mol. The first-order valence-corrected chi connectivity index (χ1v) is 9.78. The Morgan fingerprint density at radius 1 is 1.18 bits per heavy atom. The van der Waals surface area contributed by atoms with Crippen molar-refractivity contribution in [2.75, 3.05) is 39.1 Å². The van der Waals surface area contributed by atoms with Gasteiger partial charge in [-0.1, -0.05) is 12.1 Å². The van der Waals surface area contributed by atoms with Crippen molar-refractivity contribution in [2.24, 2.45) is 5.92 Å². The minimum atomic E-state index is -0.918. The zero-order valence-corrected chi connectivity index (χ0v) is 16.9. The van der Waals surface area contributed by atoms with E-state index < -0.39 is 17.4 Å². The Hall–Kier alpha value is -2.57. The molecule has 2 fully saturated rings. The standard InChI is InChI=1S/C21H29N3O4/c1-22(2)16-7-4-15(5-8-16)6-9-18(25)24-12-10-21(11-13-24)17(20(27)28)14-19(26)23(21)3/h4-5,7-8,17H,6,9-14H2,1-3H3,(H,27,28)/t17-/m1/s1. The molecular formula is C21H29N3O4. The van der Waals surface area contributed by atoms with Gasteiger partial charge in [0.1, 0.15) is 0 Å². The number of anilines is 1. The van der Waals surface area contributed by atoms with Crippen LogP contribution < -0.4 is 4.90 Å². The molecule has 0 aromatic heterocycles. The smallest absolute Gasteiger partial charge is 0.309 e. The summed E-state index contributed by atoms with van der Waals surface area (Å²) < 4.78 is 0. The van der Waals surface area contributed by atoms with E-state index in [0.29, 0.717) is 38.8 Å². The van der Waals surface area contributed by atoms with E-state index in [9.17, 15) is 19.5 Å². The first-order chi connectivity index (χ1) is 13.2. The fourth-order valence-electron chi connectivity index (χ4n) is 4.50. The molecule has 2 aliphatic rings. The summed E-state index contributed by atoms with van der Waals surface area (Å²) in [4.78, 5) is 41.8. The van der Waals surface area contributed by atoms with E-state index in [1.54, 1.807) is 11.9 Å². The lowest BCUT2D eigenvalue weighted by Crippen LogP contribution is -2.57. The Morgan fingerprint density at radius 2 is 1.79 bits per heavy atom. The minimum Gasteiger partial charge on any atom is -0.481 e. The van der Waals surface area contributed by atoms with Gasteiger partial charge in [-0.25, -0.2) is 0 Å². The maximum atomic E-state index is 12.6. The molecule has 28 heavy (non-hydrogen) atoms. The number of carbonyl (C=O) groups excluding carboxylic acids is 2. The van der Waals surface area contributed by atoms with Gasteiger partial charge < -0.3 is 19.8 Å². The molecule has 1 atom stereocenters. The highest BCUT2D eigenvalue weighted by Crippen LogP contribution is 2.42. The van der Waals surface area contributed by atoms with Gasteiger partial charge in [-0.05, 0) is 37.0 Å². The number of carboxylic acids is 1. The summed E-state index contributed by atoms with van der Waals surface area (Å²) >= 11 is 0. The molecule has 7 heteroatoms. The third-order valence-corrected chi connectivity index (χ3v) is 6.43. The monoisotopic (exact) mass is 387 g/mol. The zero-order valence-electron chi connectivity index (χ0n) is 16.9. The maximum Gasteiger partial charge on any atom is 0.309 e. The molecule has 2 amide bonds. The third-order valence-electron chi connectivity index (χ3n) is 6.43. The van der Waals surface area contributed by atoms with Crippen LogP contribution in [0.15, 0.2) is 24.3 Å². The first kappa shape index (κ1) is 20.2. The van der Waals surface area contributed by atoms with Gasteiger partial charge in [-0.2, -0.15) is 0 Å². The van der Waals surface area contributed by atoms with Crippen LogP contribution in [0.4, 0.5) is 5.69 Å². The van der Waals surface area contributed by atoms with Crippen molar-refractivity contribution in [3.05, 3.63) is 29.8 Å². The molecule has 1 N–H and O–H groups in total. The maximum absolute atomic E-state index is 12.6. The topological polar surface area (TPSA) is 81.2 Å². The summed E-state index contributed by atoms with van der Waals surface area (Å²) in [6, 6.07) is 8.18. The van der Waals surface area contributed by atoms with Crippen LogP contribution in [-0.4, -0.2) is 72.5 Å². The third kappa shape index (κ3) is 3.70. The number of aliphatic carboxylic acids is 1. The van der Waals surface area contributed by atoms with Gasteiger partial charge >= 0.3 is 5.97 Å². The Morgan fingerprint density at radius 3 is 2.32 bits per heavy atom. The minimum absolute atomic E-state index is 0.0583. The Bertz CT molecular complexity index is 751. The number of hydrogen-bond acceptors (Lipinski definition) is 4. The summed E-state index contributed by atoms with van der Waals surface area (Å²) in [6.07, 6.45) is 2.23. The highest BCUT2D eigenvalue weighted by molar-refractivity contribution is 5.88. The average Bonchev–Trinajstić information content (AvgIpc) is 2.92. The fraction of sp³-hybridized carbons (Fsp3) is 0.571. The van der Waals surface area contributed by atoms with E-state index in [-0.39, 0.29) is 18.2 Å². The van der Waals surface area contributed by atoms with Gasteiger partial charge in [0.15, 0.2) is 0 Å². The van der Waals surface area contributed by atoms with Crippen LogP contribution in [0.25, 0.3) is 0 Å². The molecule has 1 aromatic rings. The predicted octanol–water partition coefficient (Wildman–Crippen LogP) is 1.61. The second-order valence-corrected chi connectivity index (χ2v) is 8.09. The van der Waals surface area contributed by atoms with Crippen LogP contribution in [0.3, 0.4) is 0 Å². The van der Waals surface area contributed by atoms with Crippen LogP contribution in [0, 0.1) is 5.92 Å². The molecule has 2 heterocycles. The van der Waals surface area contributed by atoms with Gasteiger partial charge in [0.2, 0.25) is 11.8 Å². The molecule has 1 spiro atoms. The van der Waals surface area contributed by atoms with Gasteiger partial charge in [0.05, 0.1) is 11.5 Å². The second kappa shape index (κ2) is 7.81. The highest BCUT2D eigenvalue weighted by Gasteiger charge is 2.55. The van der Waals surface area contributed by atoms with E-state index in [0.717, 1.165) is 11.3 Å². The van der Waals surface area contributed by atoms with E-state index in [4.69, 9.17) is 0 Å². The number of hydrogen-bond donors (Lipinski definition) is 1. The summed E-state index contributed by atoms with van der Waals surface area (Å²) in [5.74, 6) is -1.63. The molecule has 3 rings (SSSR count). The molecule has 2 aliphatic heterocycles. The molecule has 0 radical (unpaired) electrons. The van der Waals surface area contributed by atoms with Crippen molar-refractivity contribution in [1.82, 2.24) is 9.80 Å². The number of likely N-dealkylation sites (tertiary alicyclic amines) is 2. The Labute approximate surface area is 165 Å². The number of amides is 2. The molecule has 1 aromatic carbocycles. The van der Waals surface area contributed by atoms with Crippen molar-refractivity contribution in [3.8, 4) is 0 Å². The number of benzene rings is 1. The van der Waals surface area contributed by atoms with Gasteiger partial charge in [0.25, 0.3) is 0 Å². The first-order valence-electron chi connectivity index (χ1n) is 9.78.